The maximum Gasteiger partial charge on any atom is -0.0575 e. The van der Waals surface area contributed by atoms with E-state index in [1.54, 1.807) is 0 Å². The first-order chi connectivity index (χ1) is 7.64. The standard InChI is InChI=1S/3C4H9O.Al/c1-3-4(2)5;2*1-2-3-4-5;/h4H,3H2,1-2H3;2*2-4H2,1H3;/q3*-1;+3. The average molecular weight is 246 g/mol. The van der Waals surface area contributed by atoms with Crippen LogP contribution in [0.3, 0.4) is 0 Å². The molecular formula is C12H27AlO3. The Morgan fingerprint density at radius 3 is 1.38 bits per heavy atom. The summed E-state index contributed by atoms with van der Waals surface area (Å²) < 4.78 is 4.82. The summed E-state index contributed by atoms with van der Waals surface area (Å²) in [6.07, 6.45) is 5.21. The molecule has 0 radical (unpaired) electrons. The molecule has 4 heteroatoms. The van der Waals surface area contributed by atoms with Gasteiger partial charge in [-0.1, -0.05) is 39.5 Å². The molecule has 0 rings (SSSR count). The fraction of sp³-hybridized carbons (Fsp3) is 1.00. The molecule has 16 heavy (non-hydrogen) atoms. The largest absolute Gasteiger partial charge is 0.854 e. The third kappa shape index (κ3) is 36.6. The summed E-state index contributed by atoms with van der Waals surface area (Å²) in [5, 5.41) is 19.1. The van der Waals surface area contributed by atoms with Crippen molar-refractivity contribution >= 4 is 16.6 Å². The third-order valence-electron chi connectivity index (χ3n) is 1.80. The smallest absolute Gasteiger partial charge is 0.0575 e. The second-order valence-corrected chi connectivity index (χ2v) is 3.74. The van der Waals surface area contributed by atoms with Gasteiger partial charge in [0.05, 0.1) is 0 Å². The molecule has 0 aliphatic heterocycles. The second-order valence-electron chi connectivity index (χ2n) is 3.47. The van der Waals surface area contributed by atoms with Crippen LogP contribution in [0.1, 0.15) is 59.8 Å². The van der Waals surface area contributed by atoms with Crippen molar-refractivity contribution in [3.63, 3.8) is 0 Å². The molecule has 0 aliphatic carbocycles. The summed E-state index contributed by atoms with van der Waals surface area (Å²) in [7, 11) is 0. The van der Waals surface area contributed by atoms with Crippen LogP contribution in [-0.4, -0.2) is 35.9 Å². The molecule has 0 saturated carbocycles. The Kier molecular flexibility index (Phi) is 33.3. The molecule has 0 spiro atoms. The molecule has 3 nitrogen and oxygen atoms in total. The topological polar surface area (TPSA) is 55.3 Å². The molecule has 0 fully saturated rings. The number of hydrogen-bond donors (Lipinski definition) is 0. The maximum absolute atomic E-state index is 9.53. The molecule has 0 heterocycles. The van der Waals surface area contributed by atoms with Crippen LogP contribution in [0.25, 0.3) is 0 Å². The minimum absolute atomic E-state index is 0.0938. The van der Waals surface area contributed by atoms with Crippen LogP contribution in [0.15, 0.2) is 0 Å². The van der Waals surface area contributed by atoms with Crippen molar-refractivity contribution in [3.05, 3.63) is 0 Å². The quantitative estimate of drug-likeness (QED) is 0.661. The maximum atomic E-state index is 9.53. The van der Waals surface area contributed by atoms with Crippen molar-refractivity contribution in [1.82, 2.24) is 0 Å². The summed E-state index contributed by atoms with van der Waals surface area (Å²) in [5.74, 6) is 0. The Morgan fingerprint density at radius 1 is 1.00 bits per heavy atom. The van der Waals surface area contributed by atoms with E-state index < -0.39 is 0 Å². The van der Waals surface area contributed by atoms with Gasteiger partial charge in [-0.2, -0.15) is 0 Å². The van der Waals surface area contributed by atoms with Gasteiger partial charge in [-0.25, -0.2) is 0 Å². The van der Waals surface area contributed by atoms with Gasteiger partial charge in [0.25, 0.3) is 0 Å². The fourth-order valence-corrected chi connectivity index (χ4v) is 0.577. The van der Waals surface area contributed by atoms with E-state index in [-0.39, 0.29) is 13.2 Å². The van der Waals surface area contributed by atoms with Crippen molar-refractivity contribution in [1.29, 1.82) is 0 Å². The monoisotopic (exact) mass is 246 g/mol. The van der Waals surface area contributed by atoms with Gasteiger partial charge >= 0.3 is 46.8 Å². The third-order valence-corrected chi connectivity index (χ3v) is 2.27. The predicted octanol–water partition coefficient (Wildman–Crippen LogP) is 1.18. The molecule has 0 aliphatic rings. The van der Waals surface area contributed by atoms with E-state index >= 15 is 0 Å². The summed E-state index contributed by atoms with van der Waals surface area (Å²) in [6, 6.07) is 0. The normalized spacial score (nSPS) is 10.8. The molecule has 0 amide bonds. The van der Waals surface area contributed by atoms with E-state index in [0.29, 0.717) is 6.10 Å². The first-order valence-corrected chi connectivity index (χ1v) is 6.63. The molecular weight excluding hydrogens is 219 g/mol. The minimum atomic E-state index is 0.0938. The Bertz CT molecular complexity index is 78.3. The molecule has 0 N–H and O–H groups in total. The zero-order valence-electron chi connectivity index (χ0n) is 11.3. The molecule has 0 aromatic heterocycles. The van der Waals surface area contributed by atoms with Crippen LogP contribution in [-0.2, 0) is 3.79 Å². The summed E-state index contributed by atoms with van der Waals surface area (Å²) in [4.78, 5) is 0. The first kappa shape index (κ1) is 21.7. The summed E-state index contributed by atoms with van der Waals surface area (Å²) in [6.45, 7) is 8.34. The molecule has 0 aromatic carbocycles. The van der Waals surface area contributed by atoms with Crippen molar-refractivity contribution in [2.45, 2.75) is 65.9 Å². The molecule has 96 valence electrons. The van der Waals surface area contributed by atoms with Crippen molar-refractivity contribution in [2.75, 3.05) is 13.2 Å². The van der Waals surface area contributed by atoms with E-state index in [1.807, 2.05) is 20.8 Å². The van der Waals surface area contributed by atoms with Crippen LogP contribution in [0, 0.1) is 0 Å². The van der Waals surface area contributed by atoms with Crippen molar-refractivity contribution in [3.8, 4) is 0 Å². The molecule has 0 aromatic rings. The van der Waals surface area contributed by atoms with E-state index in [9.17, 15) is 10.2 Å². The van der Waals surface area contributed by atoms with E-state index in [4.69, 9.17) is 3.79 Å². The van der Waals surface area contributed by atoms with Crippen LogP contribution >= 0.6 is 0 Å². The first-order valence-electron chi connectivity index (χ1n) is 6.16. The van der Waals surface area contributed by atoms with Crippen LogP contribution in [0.5, 0.6) is 0 Å². The van der Waals surface area contributed by atoms with Gasteiger partial charge in [0.15, 0.2) is 0 Å². The Labute approximate surface area is 110 Å². The van der Waals surface area contributed by atoms with Gasteiger partial charge in [-0.3, -0.25) is 0 Å². The van der Waals surface area contributed by atoms with Gasteiger partial charge in [-0.15, -0.1) is 13.2 Å². The molecule has 0 bridgehead atoms. The predicted molar refractivity (Wildman–Crippen MR) is 66.1 cm³/mol. The van der Waals surface area contributed by atoms with Gasteiger partial charge < -0.3 is 10.2 Å². The Balaban J connectivity index is -0.000000160. The molecule has 1 atom stereocenters. The second kappa shape index (κ2) is 24.6. The van der Waals surface area contributed by atoms with Gasteiger partial charge in [0, 0.05) is 0 Å². The minimum Gasteiger partial charge on any atom is -0.854 e. The van der Waals surface area contributed by atoms with Crippen molar-refractivity contribution < 1.29 is 14.0 Å². The van der Waals surface area contributed by atoms with E-state index in [0.717, 1.165) is 32.1 Å². The van der Waals surface area contributed by atoms with Gasteiger partial charge in [-0.05, 0) is 0 Å². The fourth-order valence-electron chi connectivity index (χ4n) is 0.385. The van der Waals surface area contributed by atoms with Gasteiger partial charge in [0.1, 0.15) is 0 Å². The van der Waals surface area contributed by atoms with Crippen molar-refractivity contribution in [2.24, 2.45) is 0 Å². The van der Waals surface area contributed by atoms with Crippen LogP contribution in [0.4, 0.5) is 0 Å². The average Bonchev–Trinajstić information content (AvgIpc) is 2.32. The van der Waals surface area contributed by atoms with E-state index in [2.05, 4.69) is 23.5 Å². The summed E-state index contributed by atoms with van der Waals surface area (Å²) in [5.41, 5.74) is 0. The van der Waals surface area contributed by atoms with Crippen LogP contribution < -0.4 is 10.2 Å². The Hall–Kier alpha value is 0.412. The number of rotatable bonds is 6. The van der Waals surface area contributed by atoms with E-state index in [1.165, 1.54) is 0 Å². The Morgan fingerprint density at radius 2 is 1.38 bits per heavy atom. The molecule has 1 unspecified atom stereocenters. The SMILES string of the molecule is CCC(C)[O][Al+2].CCCC[O-].CCCC[O-]. The zero-order chi connectivity index (χ0) is 13.2. The molecule has 0 saturated heterocycles. The van der Waals surface area contributed by atoms with Crippen LogP contribution in [0.2, 0.25) is 0 Å². The summed E-state index contributed by atoms with van der Waals surface area (Å²) >= 11 is 2.24. The number of unbranched alkanes of at least 4 members (excludes halogenated alkanes) is 2. The number of hydrogen-bond acceptors (Lipinski definition) is 3. The zero-order valence-corrected chi connectivity index (χ0v) is 12.5. The van der Waals surface area contributed by atoms with Gasteiger partial charge in [0.2, 0.25) is 0 Å².